The van der Waals surface area contributed by atoms with Crippen LogP contribution in [0.5, 0.6) is 5.75 Å². The molecule has 0 aliphatic heterocycles. The van der Waals surface area contributed by atoms with Crippen LogP contribution >= 0.6 is 11.3 Å². The fraction of sp³-hybridized carbons (Fsp3) is 0.0909. The van der Waals surface area contributed by atoms with E-state index in [1.165, 1.54) is 23.5 Å². The van der Waals surface area contributed by atoms with E-state index in [1.54, 1.807) is 42.5 Å². The summed E-state index contributed by atoms with van der Waals surface area (Å²) in [7, 11) is -3.83. The molecular weight excluding hydrogens is 434 g/mol. The van der Waals surface area contributed by atoms with Crippen molar-refractivity contribution in [3.8, 4) is 5.75 Å². The molecule has 158 valence electrons. The van der Waals surface area contributed by atoms with Gasteiger partial charge in [-0.2, -0.15) is 0 Å². The number of carbonyl (C=O) groups is 1. The minimum Gasteiger partial charge on any atom is -0.492 e. The number of benzene rings is 3. The smallest absolute Gasteiger partial charge is 0.261 e. The second-order valence-electron chi connectivity index (χ2n) is 6.47. The molecule has 3 aromatic carbocycles. The van der Waals surface area contributed by atoms with Crippen molar-refractivity contribution < 1.29 is 17.9 Å². The summed E-state index contributed by atoms with van der Waals surface area (Å²) < 4.78 is 34.3. The Morgan fingerprint density at radius 2 is 1.74 bits per heavy atom. The van der Waals surface area contributed by atoms with Gasteiger partial charge in [0.25, 0.3) is 15.9 Å². The maximum Gasteiger partial charge on any atom is 0.261 e. The molecule has 0 bridgehead atoms. The third-order valence-electron chi connectivity index (χ3n) is 4.37. The molecule has 0 fully saturated rings. The summed E-state index contributed by atoms with van der Waals surface area (Å²) in [5, 5.41) is 3.16. The third kappa shape index (κ3) is 4.52. The summed E-state index contributed by atoms with van der Waals surface area (Å²) in [6.45, 7) is 2.40. The van der Waals surface area contributed by atoms with Crippen LogP contribution in [0.3, 0.4) is 0 Å². The highest BCUT2D eigenvalue weighted by Crippen LogP contribution is 2.33. The van der Waals surface area contributed by atoms with Crippen LogP contribution in [0.4, 0.5) is 10.8 Å². The normalized spacial score (nSPS) is 11.3. The van der Waals surface area contributed by atoms with E-state index in [0.29, 0.717) is 23.0 Å². The van der Waals surface area contributed by atoms with Gasteiger partial charge in [0.05, 0.1) is 27.5 Å². The van der Waals surface area contributed by atoms with Gasteiger partial charge in [0, 0.05) is 0 Å². The first-order chi connectivity index (χ1) is 15.0. The van der Waals surface area contributed by atoms with E-state index >= 15 is 0 Å². The number of para-hydroxylation sites is 2. The summed E-state index contributed by atoms with van der Waals surface area (Å²) in [6.07, 6.45) is 0. The zero-order valence-electron chi connectivity index (χ0n) is 16.5. The average molecular weight is 454 g/mol. The van der Waals surface area contributed by atoms with Gasteiger partial charge in [0.2, 0.25) is 0 Å². The summed E-state index contributed by atoms with van der Waals surface area (Å²) in [4.78, 5) is 17.5. The molecule has 31 heavy (non-hydrogen) atoms. The quantitative estimate of drug-likeness (QED) is 0.421. The lowest BCUT2D eigenvalue weighted by Gasteiger charge is -2.12. The highest BCUT2D eigenvalue weighted by atomic mass is 32.2. The number of thiazole rings is 1. The Kier molecular flexibility index (Phi) is 5.88. The molecule has 0 aliphatic rings. The van der Waals surface area contributed by atoms with Crippen molar-refractivity contribution in [1.82, 2.24) is 4.98 Å². The molecule has 1 heterocycles. The first-order valence-electron chi connectivity index (χ1n) is 9.48. The number of nitrogens with one attached hydrogen (secondary N) is 2. The van der Waals surface area contributed by atoms with Crippen LogP contribution in [0.25, 0.3) is 10.2 Å². The van der Waals surface area contributed by atoms with E-state index in [2.05, 4.69) is 15.0 Å². The zero-order valence-corrected chi connectivity index (χ0v) is 18.2. The Morgan fingerprint density at radius 1 is 1.00 bits per heavy atom. The van der Waals surface area contributed by atoms with Gasteiger partial charge >= 0.3 is 0 Å². The lowest BCUT2D eigenvalue weighted by atomic mass is 10.2. The van der Waals surface area contributed by atoms with Gasteiger partial charge in [-0.05, 0) is 43.3 Å². The van der Waals surface area contributed by atoms with Gasteiger partial charge in [-0.3, -0.25) is 14.8 Å². The van der Waals surface area contributed by atoms with Crippen molar-refractivity contribution in [2.45, 2.75) is 11.8 Å². The highest BCUT2D eigenvalue weighted by molar-refractivity contribution is 7.92. The van der Waals surface area contributed by atoms with E-state index in [0.717, 1.165) is 4.70 Å². The molecule has 9 heteroatoms. The van der Waals surface area contributed by atoms with Crippen LogP contribution in [-0.4, -0.2) is 25.9 Å². The van der Waals surface area contributed by atoms with Crippen LogP contribution in [0, 0.1) is 0 Å². The maximum absolute atomic E-state index is 12.9. The second-order valence-corrected chi connectivity index (χ2v) is 9.19. The molecule has 4 rings (SSSR count). The molecular formula is C22H19N3O4S2. The minimum atomic E-state index is -3.83. The van der Waals surface area contributed by atoms with E-state index in [4.69, 9.17) is 4.74 Å². The summed E-state index contributed by atoms with van der Waals surface area (Å²) in [6, 6.07) is 20.0. The second kappa shape index (κ2) is 8.75. The lowest BCUT2D eigenvalue weighted by Crippen LogP contribution is -2.18. The topological polar surface area (TPSA) is 97.4 Å². The third-order valence-corrected chi connectivity index (χ3v) is 6.69. The molecule has 1 aromatic heterocycles. The van der Waals surface area contributed by atoms with E-state index in [9.17, 15) is 13.2 Å². The molecule has 2 N–H and O–H groups in total. The average Bonchev–Trinajstić information content (AvgIpc) is 3.18. The Labute approximate surface area is 183 Å². The van der Waals surface area contributed by atoms with E-state index in [1.807, 2.05) is 25.1 Å². The van der Waals surface area contributed by atoms with Gasteiger partial charge in [0.15, 0.2) is 5.13 Å². The van der Waals surface area contributed by atoms with Crippen LogP contribution < -0.4 is 14.8 Å². The molecule has 1 amide bonds. The lowest BCUT2D eigenvalue weighted by molar-refractivity contribution is 0.102. The van der Waals surface area contributed by atoms with Gasteiger partial charge < -0.3 is 4.74 Å². The first-order valence-corrected chi connectivity index (χ1v) is 11.8. The number of hydrogen-bond acceptors (Lipinski definition) is 6. The van der Waals surface area contributed by atoms with Crippen molar-refractivity contribution >= 4 is 48.3 Å². The number of fused-ring (bicyclic) bond motifs is 1. The molecule has 0 spiro atoms. The Hall–Kier alpha value is -3.43. The number of sulfonamides is 1. The van der Waals surface area contributed by atoms with Crippen molar-refractivity contribution in [2.24, 2.45) is 0 Å². The van der Waals surface area contributed by atoms with Crippen LogP contribution in [0.1, 0.15) is 17.3 Å². The fourth-order valence-corrected chi connectivity index (χ4v) is 4.97. The van der Waals surface area contributed by atoms with Crippen molar-refractivity contribution in [2.75, 3.05) is 16.6 Å². The van der Waals surface area contributed by atoms with Crippen molar-refractivity contribution in [3.63, 3.8) is 0 Å². The highest BCUT2D eigenvalue weighted by Gasteiger charge is 2.19. The summed E-state index contributed by atoms with van der Waals surface area (Å²) >= 11 is 1.31. The van der Waals surface area contributed by atoms with E-state index < -0.39 is 15.9 Å². The number of hydrogen-bond donors (Lipinski definition) is 2. The molecule has 0 aliphatic carbocycles. The number of aromatic nitrogens is 1. The number of amides is 1. The molecule has 0 radical (unpaired) electrons. The summed E-state index contributed by atoms with van der Waals surface area (Å²) in [5.41, 5.74) is 1.04. The molecule has 0 saturated heterocycles. The minimum absolute atomic E-state index is 0.111. The van der Waals surface area contributed by atoms with Crippen LogP contribution in [0.15, 0.2) is 77.7 Å². The van der Waals surface area contributed by atoms with Gasteiger partial charge in [-0.25, -0.2) is 13.4 Å². The Bertz CT molecular complexity index is 1340. The Balaban J connectivity index is 1.60. The largest absolute Gasteiger partial charge is 0.492 e. The van der Waals surface area contributed by atoms with Gasteiger partial charge in [-0.1, -0.05) is 47.7 Å². The van der Waals surface area contributed by atoms with Crippen LogP contribution in [0.2, 0.25) is 0 Å². The molecule has 7 nitrogen and oxygen atoms in total. The molecule has 4 aromatic rings. The number of ether oxygens (including phenoxy) is 1. The number of nitrogens with zero attached hydrogens (tertiary/aromatic N) is 1. The predicted molar refractivity (Wildman–Crippen MR) is 122 cm³/mol. The SMILES string of the molecule is CCOc1cccc2sc(NC(=O)c3ccccc3NS(=O)(=O)c3ccccc3)nc12. The predicted octanol–water partition coefficient (Wildman–Crippen LogP) is 4.75. The van der Waals surface area contributed by atoms with Gasteiger partial charge in [-0.15, -0.1) is 0 Å². The number of rotatable bonds is 7. The zero-order chi connectivity index (χ0) is 21.8. The molecule has 0 saturated carbocycles. The maximum atomic E-state index is 12.9. The first kappa shape index (κ1) is 20.8. The van der Waals surface area contributed by atoms with Crippen molar-refractivity contribution in [3.05, 3.63) is 78.4 Å². The number of carbonyl (C=O) groups excluding carboxylic acids is 1. The van der Waals surface area contributed by atoms with E-state index in [-0.39, 0.29) is 16.1 Å². The Morgan fingerprint density at radius 3 is 2.52 bits per heavy atom. The standard InChI is InChI=1S/C22H19N3O4S2/c1-2-29-18-13-8-14-19-20(18)23-22(30-19)24-21(26)16-11-6-7-12-17(16)25-31(27,28)15-9-4-3-5-10-15/h3-14,25H,2H2,1H3,(H,23,24,26). The van der Waals surface area contributed by atoms with Gasteiger partial charge in [0.1, 0.15) is 11.3 Å². The van der Waals surface area contributed by atoms with Crippen molar-refractivity contribution in [1.29, 1.82) is 0 Å². The fourth-order valence-electron chi connectivity index (χ4n) is 2.99. The molecule has 0 unspecified atom stereocenters. The number of anilines is 2. The van der Waals surface area contributed by atoms with Crippen LogP contribution in [-0.2, 0) is 10.0 Å². The molecule has 0 atom stereocenters. The summed E-state index contributed by atoms with van der Waals surface area (Å²) in [5.74, 6) is 0.177. The monoisotopic (exact) mass is 453 g/mol.